The Morgan fingerprint density at radius 1 is 1.00 bits per heavy atom. The summed E-state index contributed by atoms with van der Waals surface area (Å²) in [7, 11) is 0. The lowest BCUT2D eigenvalue weighted by Crippen LogP contribution is -1.97. The van der Waals surface area contributed by atoms with Gasteiger partial charge in [0.15, 0.2) is 0 Å². The van der Waals surface area contributed by atoms with Gasteiger partial charge in [-0.2, -0.15) is 0 Å². The Labute approximate surface area is 134 Å². The molecule has 5 nitrogen and oxygen atoms in total. The molecule has 0 aliphatic heterocycles. The maximum atomic E-state index is 10.1. The summed E-state index contributed by atoms with van der Waals surface area (Å²) in [6.45, 7) is 0. The van der Waals surface area contributed by atoms with E-state index in [1.807, 2.05) is 24.3 Å². The van der Waals surface area contributed by atoms with E-state index in [4.69, 9.17) is 0 Å². The zero-order valence-corrected chi connectivity index (χ0v) is 12.5. The van der Waals surface area contributed by atoms with Crippen LogP contribution in [0.5, 0.6) is 0 Å². The summed E-state index contributed by atoms with van der Waals surface area (Å²) in [6.07, 6.45) is 9.40. The Morgan fingerprint density at radius 3 is 2.65 bits per heavy atom. The van der Waals surface area contributed by atoms with Gasteiger partial charge in [0.1, 0.15) is 17.8 Å². The molecular formula is C18H16N4O. The van der Waals surface area contributed by atoms with E-state index < -0.39 is 0 Å². The molecule has 5 heteroatoms. The molecule has 23 heavy (non-hydrogen) atoms. The van der Waals surface area contributed by atoms with E-state index in [1.165, 1.54) is 24.3 Å². The molecule has 0 fully saturated rings. The molecule has 0 unspecified atom stereocenters. The van der Waals surface area contributed by atoms with Gasteiger partial charge >= 0.3 is 0 Å². The first kappa shape index (κ1) is 14.8. The van der Waals surface area contributed by atoms with Gasteiger partial charge in [0.05, 0.1) is 11.9 Å². The highest BCUT2D eigenvalue weighted by Crippen LogP contribution is 2.12. The highest BCUT2D eigenvalue weighted by Gasteiger charge is 2.03. The number of benzene rings is 1. The van der Waals surface area contributed by atoms with Gasteiger partial charge in [-0.3, -0.25) is 4.98 Å². The molecule has 0 saturated carbocycles. The molecule has 0 saturated heterocycles. The molecule has 1 N–H and O–H groups in total. The highest BCUT2D eigenvalue weighted by atomic mass is 16.3. The third-order valence-corrected chi connectivity index (χ3v) is 3.37. The molecule has 3 rings (SSSR count). The Morgan fingerprint density at radius 2 is 1.87 bits per heavy atom. The molecule has 0 aliphatic rings. The van der Waals surface area contributed by atoms with E-state index in [-0.39, 0.29) is 5.76 Å². The first-order valence-electron chi connectivity index (χ1n) is 7.33. The summed E-state index contributed by atoms with van der Waals surface area (Å²) in [4.78, 5) is 16.4. The van der Waals surface area contributed by atoms with Crippen LogP contribution < -0.4 is 0 Å². The molecule has 2 heterocycles. The van der Waals surface area contributed by atoms with Crippen molar-refractivity contribution in [3.05, 3.63) is 84.0 Å². The third-order valence-electron chi connectivity index (χ3n) is 3.37. The summed E-state index contributed by atoms with van der Waals surface area (Å²) in [5.41, 5.74) is 3.26. The van der Waals surface area contributed by atoms with Gasteiger partial charge in [-0.15, -0.1) is 0 Å². The van der Waals surface area contributed by atoms with Crippen molar-refractivity contribution in [1.82, 2.24) is 19.9 Å². The summed E-state index contributed by atoms with van der Waals surface area (Å²) in [5.74, 6) is 0.0332. The van der Waals surface area contributed by atoms with Crippen LogP contribution in [0.3, 0.4) is 0 Å². The lowest BCUT2D eigenvalue weighted by molar-refractivity contribution is 0.511. The number of aliphatic hydroxyl groups excluding tert-OH is 1. The standard InChI is InChI=1S/C18H16N4O/c23-18(17-12-19-8-9-20-17)11-16-10-15(21-13-22-16)7-6-14-4-2-1-3-5-14/h1-5,8-13,23H,6-7H2/b18-11-. The average Bonchev–Trinajstić information content (AvgIpc) is 2.62. The number of hydrogen-bond acceptors (Lipinski definition) is 5. The summed E-state index contributed by atoms with van der Waals surface area (Å²) in [6, 6.07) is 12.1. The van der Waals surface area contributed by atoms with Gasteiger partial charge in [-0.1, -0.05) is 30.3 Å². The van der Waals surface area contributed by atoms with Gasteiger partial charge < -0.3 is 5.11 Å². The molecule has 0 bridgehead atoms. The molecule has 3 aromatic rings. The normalized spacial score (nSPS) is 11.4. The van der Waals surface area contributed by atoms with Gasteiger partial charge in [0.2, 0.25) is 0 Å². The van der Waals surface area contributed by atoms with E-state index >= 15 is 0 Å². The zero-order valence-electron chi connectivity index (χ0n) is 12.5. The maximum Gasteiger partial charge on any atom is 0.144 e. The van der Waals surface area contributed by atoms with E-state index in [1.54, 1.807) is 12.3 Å². The fraction of sp³-hybridized carbons (Fsp3) is 0.111. The Kier molecular flexibility index (Phi) is 4.69. The Bertz CT molecular complexity index is 788. The van der Waals surface area contributed by atoms with Crippen molar-refractivity contribution < 1.29 is 5.11 Å². The number of nitrogens with zero attached hydrogens (tertiary/aromatic N) is 4. The number of aryl methyl sites for hydroxylation is 2. The van der Waals surface area contributed by atoms with Crippen LogP contribution >= 0.6 is 0 Å². The predicted octanol–water partition coefficient (Wildman–Crippen LogP) is 3.11. The van der Waals surface area contributed by atoms with Crippen LogP contribution in [0.4, 0.5) is 0 Å². The van der Waals surface area contributed by atoms with Crippen LogP contribution in [0, 0.1) is 0 Å². The van der Waals surface area contributed by atoms with Crippen molar-refractivity contribution in [2.75, 3.05) is 0 Å². The number of rotatable bonds is 5. The molecule has 114 valence electrons. The van der Waals surface area contributed by atoms with E-state index in [2.05, 4.69) is 32.1 Å². The lowest BCUT2D eigenvalue weighted by Gasteiger charge is -2.03. The van der Waals surface area contributed by atoms with Crippen molar-refractivity contribution in [2.45, 2.75) is 12.8 Å². The third kappa shape index (κ3) is 4.20. The molecule has 0 spiro atoms. The molecule has 0 amide bonds. The fourth-order valence-electron chi connectivity index (χ4n) is 2.19. The number of aliphatic hydroxyl groups is 1. The molecule has 0 radical (unpaired) electrons. The van der Waals surface area contributed by atoms with Crippen molar-refractivity contribution in [2.24, 2.45) is 0 Å². The second-order valence-electron chi connectivity index (χ2n) is 5.04. The first-order valence-corrected chi connectivity index (χ1v) is 7.33. The van der Waals surface area contributed by atoms with Crippen molar-refractivity contribution >= 4 is 11.8 Å². The number of aromatic nitrogens is 4. The quantitative estimate of drug-likeness (QED) is 0.733. The van der Waals surface area contributed by atoms with E-state index in [0.29, 0.717) is 11.4 Å². The molecular weight excluding hydrogens is 288 g/mol. The molecule has 1 aromatic carbocycles. The largest absolute Gasteiger partial charge is 0.506 e. The smallest absolute Gasteiger partial charge is 0.144 e. The van der Waals surface area contributed by atoms with Crippen molar-refractivity contribution in [1.29, 1.82) is 0 Å². The van der Waals surface area contributed by atoms with E-state index in [9.17, 15) is 5.11 Å². The lowest BCUT2D eigenvalue weighted by atomic mass is 10.1. The average molecular weight is 304 g/mol. The topological polar surface area (TPSA) is 71.8 Å². The summed E-state index contributed by atoms with van der Waals surface area (Å²) < 4.78 is 0. The first-order chi connectivity index (χ1) is 11.3. The minimum absolute atomic E-state index is 0.0332. The van der Waals surface area contributed by atoms with Crippen LogP contribution in [0.15, 0.2) is 61.3 Å². The van der Waals surface area contributed by atoms with Gasteiger partial charge in [-0.25, -0.2) is 15.0 Å². The Hall–Kier alpha value is -3.08. The summed E-state index contributed by atoms with van der Waals surface area (Å²) >= 11 is 0. The fourth-order valence-corrected chi connectivity index (χ4v) is 2.19. The predicted molar refractivity (Wildman–Crippen MR) is 88.4 cm³/mol. The molecule has 0 atom stereocenters. The second kappa shape index (κ2) is 7.26. The SMILES string of the molecule is O/C(=C\c1cc(CCc2ccccc2)ncn1)c1cnccn1. The maximum absolute atomic E-state index is 10.1. The molecule has 2 aromatic heterocycles. The van der Waals surface area contributed by atoms with Gasteiger partial charge in [0, 0.05) is 24.2 Å². The molecule has 0 aliphatic carbocycles. The van der Waals surface area contributed by atoms with Crippen LogP contribution in [-0.4, -0.2) is 25.0 Å². The van der Waals surface area contributed by atoms with Gasteiger partial charge in [-0.05, 0) is 24.5 Å². The van der Waals surface area contributed by atoms with Crippen molar-refractivity contribution in [3.8, 4) is 0 Å². The van der Waals surface area contributed by atoms with Gasteiger partial charge in [0.25, 0.3) is 0 Å². The Balaban J connectivity index is 1.72. The van der Waals surface area contributed by atoms with Crippen LogP contribution in [0.1, 0.15) is 22.6 Å². The minimum atomic E-state index is 0.0332. The van der Waals surface area contributed by atoms with E-state index in [0.717, 1.165) is 18.5 Å². The zero-order chi connectivity index (χ0) is 15.9. The van der Waals surface area contributed by atoms with Crippen molar-refractivity contribution in [3.63, 3.8) is 0 Å². The summed E-state index contributed by atoms with van der Waals surface area (Å²) in [5, 5.41) is 10.1. The van der Waals surface area contributed by atoms with Crippen LogP contribution in [0.25, 0.3) is 11.8 Å². The number of hydrogen-bond donors (Lipinski definition) is 1. The minimum Gasteiger partial charge on any atom is -0.506 e. The highest BCUT2D eigenvalue weighted by molar-refractivity contribution is 5.72. The van der Waals surface area contributed by atoms with Crippen LogP contribution in [0.2, 0.25) is 0 Å². The monoisotopic (exact) mass is 304 g/mol. The second-order valence-corrected chi connectivity index (χ2v) is 5.04. The van der Waals surface area contributed by atoms with Crippen LogP contribution in [-0.2, 0) is 12.8 Å².